The van der Waals surface area contributed by atoms with E-state index in [0.717, 1.165) is 27.6 Å². The van der Waals surface area contributed by atoms with Crippen molar-refractivity contribution in [1.29, 1.82) is 0 Å². The van der Waals surface area contributed by atoms with Crippen molar-refractivity contribution in [2.24, 2.45) is 0 Å². The third-order valence-electron chi connectivity index (χ3n) is 5.26. The number of carbonyl (C=O) groups is 1. The minimum atomic E-state index is -0.226. The second kappa shape index (κ2) is 10.2. The van der Waals surface area contributed by atoms with Gasteiger partial charge in [0.05, 0.1) is 0 Å². The number of carbonyl (C=O) groups excluding carboxylic acids is 1. The molecule has 0 atom stereocenters. The van der Waals surface area contributed by atoms with Crippen molar-refractivity contribution >= 4 is 22.4 Å². The zero-order chi connectivity index (χ0) is 23.9. The highest BCUT2D eigenvalue weighted by Gasteiger charge is 2.10. The topological polar surface area (TPSA) is 54.9 Å². The molecule has 0 saturated heterocycles. The quantitative estimate of drug-likeness (QED) is 0.353. The van der Waals surface area contributed by atoms with Gasteiger partial charge in [-0.2, -0.15) is 0 Å². The number of aromatic nitrogens is 2. The van der Waals surface area contributed by atoms with Gasteiger partial charge in [-0.05, 0) is 53.9 Å². The Kier molecular flexibility index (Phi) is 6.29. The Labute approximate surface area is 203 Å². The second-order valence-electron chi connectivity index (χ2n) is 7.76. The molecular formula is C31H19N3O. The first-order valence-electron chi connectivity index (χ1n) is 11.0. The molecule has 0 radical (unpaired) electrons. The first-order chi connectivity index (χ1) is 17.2. The zero-order valence-corrected chi connectivity index (χ0v) is 18.7. The molecular weight excluding hydrogens is 430 g/mol. The highest BCUT2D eigenvalue weighted by Crippen LogP contribution is 2.24. The maximum atomic E-state index is 13.3. The number of nitrogens with zero attached hydrogens (tertiary/aromatic N) is 2. The van der Waals surface area contributed by atoms with Gasteiger partial charge >= 0.3 is 0 Å². The SMILES string of the molecule is O=C(Nc1cccc2ccccc12)c1cc(C#Cc2cccnc2)cc(C#Cc2cccnc2)c1. The van der Waals surface area contributed by atoms with Crippen LogP contribution in [-0.2, 0) is 0 Å². The van der Waals surface area contributed by atoms with Gasteiger partial charge in [0.25, 0.3) is 5.91 Å². The molecule has 5 rings (SSSR count). The van der Waals surface area contributed by atoms with Gasteiger partial charge in [0.15, 0.2) is 0 Å². The van der Waals surface area contributed by atoms with Crippen molar-refractivity contribution in [2.45, 2.75) is 0 Å². The van der Waals surface area contributed by atoms with E-state index in [-0.39, 0.29) is 5.91 Å². The van der Waals surface area contributed by atoms with Crippen LogP contribution in [-0.4, -0.2) is 15.9 Å². The highest BCUT2D eigenvalue weighted by molar-refractivity contribution is 6.09. The van der Waals surface area contributed by atoms with Crippen molar-refractivity contribution in [3.05, 3.63) is 138 Å². The molecule has 0 fully saturated rings. The monoisotopic (exact) mass is 449 g/mol. The summed E-state index contributed by atoms with van der Waals surface area (Å²) < 4.78 is 0. The Hall–Kier alpha value is -5.19. The summed E-state index contributed by atoms with van der Waals surface area (Å²) in [6.45, 7) is 0. The molecule has 3 aromatic carbocycles. The summed E-state index contributed by atoms with van der Waals surface area (Å²) in [7, 11) is 0. The molecule has 4 heteroatoms. The molecule has 1 N–H and O–H groups in total. The van der Waals surface area contributed by atoms with Crippen molar-refractivity contribution in [1.82, 2.24) is 9.97 Å². The normalized spacial score (nSPS) is 9.94. The molecule has 0 aliphatic heterocycles. The lowest BCUT2D eigenvalue weighted by atomic mass is 10.0. The maximum Gasteiger partial charge on any atom is 0.255 e. The molecule has 2 aromatic heterocycles. The number of hydrogen-bond acceptors (Lipinski definition) is 3. The van der Waals surface area contributed by atoms with E-state index >= 15 is 0 Å². The Morgan fingerprint density at radius 3 is 1.86 bits per heavy atom. The van der Waals surface area contributed by atoms with Crippen LogP contribution in [0.1, 0.15) is 32.6 Å². The van der Waals surface area contributed by atoms with Crippen molar-refractivity contribution in [3.8, 4) is 23.7 Å². The summed E-state index contributed by atoms with van der Waals surface area (Å²) >= 11 is 0. The average Bonchev–Trinajstić information content (AvgIpc) is 2.92. The van der Waals surface area contributed by atoms with Crippen LogP contribution in [0, 0.1) is 23.7 Å². The zero-order valence-electron chi connectivity index (χ0n) is 18.7. The lowest BCUT2D eigenvalue weighted by Gasteiger charge is -2.09. The Bertz CT molecular complexity index is 1560. The molecule has 1 amide bonds. The van der Waals surface area contributed by atoms with Crippen LogP contribution < -0.4 is 5.32 Å². The number of amides is 1. The van der Waals surface area contributed by atoms with Gasteiger partial charge in [0.1, 0.15) is 0 Å². The number of nitrogens with one attached hydrogen (secondary N) is 1. The minimum Gasteiger partial charge on any atom is -0.321 e. The van der Waals surface area contributed by atoms with Gasteiger partial charge in [0, 0.05) is 63.7 Å². The number of pyridine rings is 2. The lowest BCUT2D eigenvalue weighted by Crippen LogP contribution is -2.12. The van der Waals surface area contributed by atoms with E-state index in [1.807, 2.05) is 72.8 Å². The third kappa shape index (κ3) is 5.42. The molecule has 164 valence electrons. The Morgan fingerprint density at radius 2 is 1.23 bits per heavy atom. The lowest BCUT2D eigenvalue weighted by molar-refractivity contribution is 0.102. The molecule has 0 spiro atoms. The van der Waals surface area contributed by atoms with E-state index in [2.05, 4.69) is 39.0 Å². The maximum absolute atomic E-state index is 13.3. The summed E-state index contributed by atoms with van der Waals surface area (Å²) in [6, 6.07) is 26.7. The fourth-order valence-corrected chi connectivity index (χ4v) is 3.59. The molecule has 5 aromatic rings. The summed E-state index contributed by atoms with van der Waals surface area (Å²) in [4.78, 5) is 21.5. The van der Waals surface area contributed by atoms with E-state index < -0.39 is 0 Å². The van der Waals surface area contributed by atoms with Crippen molar-refractivity contribution in [3.63, 3.8) is 0 Å². The van der Waals surface area contributed by atoms with E-state index in [1.54, 1.807) is 36.9 Å². The fraction of sp³-hybridized carbons (Fsp3) is 0. The van der Waals surface area contributed by atoms with Gasteiger partial charge in [0.2, 0.25) is 0 Å². The largest absolute Gasteiger partial charge is 0.321 e. The number of hydrogen-bond donors (Lipinski definition) is 1. The van der Waals surface area contributed by atoms with Gasteiger partial charge in [-0.15, -0.1) is 0 Å². The van der Waals surface area contributed by atoms with E-state index in [9.17, 15) is 4.79 Å². The molecule has 2 heterocycles. The molecule has 0 bridgehead atoms. The van der Waals surface area contributed by atoms with Crippen molar-refractivity contribution < 1.29 is 4.79 Å². The van der Waals surface area contributed by atoms with Crippen LogP contribution in [0.5, 0.6) is 0 Å². The molecule has 0 unspecified atom stereocenters. The first-order valence-corrected chi connectivity index (χ1v) is 11.0. The number of fused-ring (bicyclic) bond motifs is 1. The van der Waals surface area contributed by atoms with Gasteiger partial charge in [-0.25, -0.2) is 0 Å². The van der Waals surface area contributed by atoms with Gasteiger partial charge < -0.3 is 5.32 Å². The number of rotatable bonds is 2. The number of anilines is 1. The summed E-state index contributed by atoms with van der Waals surface area (Å²) in [5, 5.41) is 5.09. The molecule has 0 saturated carbocycles. The predicted octanol–water partition coefficient (Wildman–Crippen LogP) is 5.68. The van der Waals surface area contributed by atoms with Crippen LogP contribution in [0.25, 0.3) is 10.8 Å². The van der Waals surface area contributed by atoms with Crippen LogP contribution in [0.15, 0.2) is 110 Å². The predicted molar refractivity (Wildman–Crippen MR) is 139 cm³/mol. The first kappa shape index (κ1) is 21.6. The Morgan fingerprint density at radius 1 is 0.629 bits per heavy atom. The van der Waals surface area contributed by atoms with E-state index in [4.69, 9.17) is 0 Å². The molecule has 0 aliphatic rings. The van der Waals surface area contributed by atoms with Crippen molar-refractivity contribution in [2.75, 3.05) is 5.32 Å². The third-order valence-corrected chi connectivity index (χ3v) is 5.26. The molecule has 0 aliphatic carbocycles. The van der Waals surface area contributed by atoms with Gasteiger partial charge in [-0.1, -0.05) is 60.1 Å². The average molecular weight is 450 g/mol. The van der Waals surface area contributed by atoms with Crippen LogP contribution >= 0.6 is 0 Å². The van der Waals surface area contributed by atoms with Gasteiger partial charge in [-0.3, -0.25) is 14.8 Å². The van der Waals surface area contributed by atoms with Crippen LogP contribution in [0.2, 0.25) is 0 Å². The summed E-state index contributed by atoms with van der Waals surface area (Å²) in [5.41, 5.74) is 4.20. The molecule has 35 heavy (non-hydrogen) atoms. The minimum absolute atomic E-state index is 0.226. The Balaban J connectivity index is 1.52. The smallest absolute Gasteiger partial charge is 0.255 e. The van der Waals surface area contributed by atoms with Crippen LogP contribution in [0.4, 0.5) is 5.69 Å². The van der Waals surface area contributed by atoms with E-state index in [1.165, 1.54) is 0 Å². The number of benzene rings is 3. The standard InChI is InChI=1S/C31H19N3O/c35-31(34-30-11-3-9-27-8-1-2-10-29(27)30)28-19-25(14-12-23-6-4-16-32-21-23)18-26(20-28)15-13-24-7-5-17-33-22-24/h1-11,16-22H,(H,34,35). The second-order valence-corrected chi connectivity index (χ2v) is 7.76. The fourth-order valence-electron chi connectivity index (χ4n) is 3.59. The van der Waals surface area contributed by atoms with E-state index in [0.29, 0.717) is 16.7 Å². The highest BCUT2D eigenvalue weighted by atomic mass is 16.1. The van der Waals surface area contributed by atoms with Crippen LogP contribution in [0.3, 0.4) is 0 Å². The summed E-state index contributed by atoms with van der Waals surface area (Å²) in [5.74, 6) is 12.2. The molecule has 4 nitrogen and oxygen atoms in total. The summed E-state index contributed by atoms with van der Waals surface area (Å²) in [6.07, 6.45) is 6.81.